The third kappa shape index (κ3) is 3.61. The second-order valence-electron chi connectivity index (χ2n) is 8.20. The summed E-state index contributed by atoms with van der Waals surface area (Å²) < 4.78 is 0. The number of hydrogen-bond acceptors (Lipinski definition) is 7. The standard InChI is InChI=1S/C25H20N6O2/c26-12-21-20-10-11-30(13-17-4-2-1-3-5-17)14-22(20)23(25(15-27,16-28)24(21)29)18-6-8-19(9-7-18)31(32)33/h1-10,22-23H,11,13-14,29H2/t22-,23-/m1/s1. The fourth-order valence-corrected chi connectivity index (χ4v) is 4.89. The van der Waals surface area contributed by atoms with Crippen LogP contribution < -0.4 is 5.73 Å². The number of nitro benzene ring substituents is 1. The van der Waals surface area contributed by atoms with E-state index >= 15 is 0 Å². The molecule has 2 aliphatic rings. The predicted molar refractivity (Wildman–Crippen MR) is 120 cm³/mol. The number of rotatable bonds is 4. The number of nitriles is 3. The molecule has 2 N–H and O–H groups in total. The van der Waals surface area contributed by atoms with Crippen molar-refractivity contribution in [3.8, 4) is 18.2 Å². The van der Waals surface area contributed by atoms with Gasteiger partial charge in [0.15, 0.2) is 5.41 Å². The van der Waals surface area contributed by atoms with Gasteiger partial charge in [0, 0.05) is 43.6 Å². The summed E-state index contributed by atoms with van der Waals surface area (Å²) in [6.45, 7) is 1.77. The Labute approximate surface area is 191 Å². The molecule has 8 nitrogen and oxygen atoms in total. The van der Waals surface area contributed by atoms with Crippen molar-refractivity contribution in [3.63, 3.8) is 0 Å². The second kappa shape index (κ2) is 8.59. The molecule has 0 amide bonds. The summed E-state index contributed by atoms with van der Waals surface area (Å²) >= 11 is 0. The number of non-ortho nitro benzene ring substituents is 1. The fourth-order valence-electron chi connectivity index (χ4n) is 4.89. The first kappa shape index (κ1) is 21.8. The maximum atomic E-state index is 11.1. The molecule has 1 aliphatic heterocycles. The van der Waals surface area contributed by atoms with Crippen LogP contribution in [0.3, 0.4) is 0 Å². The fraction of sp³-hybridized carbons (Fsp3) is 0.240. The molecule has 2 atom stereocenters. The Balaban J connectivity index is 1.84. The molecule has 2 aromatic rings. The van der Waals surface area contributed by atoms with Gasteiger partial charge in [-0.25, -0.2) is 0 Å². The summed E-state index contributed by atoms with van der Waals surface area (Å²) in [6.07, 6.45) is 1.94. The average Bonchev–Trinajstić information content (AvgIpc) is 2.84. The zero-order valence-electron chi connectivity index (χ0n) is 17.7. The molecule has 0 spiro atoms. The van der Waals surface area contributed by atoms with E-state index in [0.29, 0.717) is 25.2 Å². The van der Waals surface area contributed by atoms with Crippen LogP contribution >= 0.6 is 0 Å². The van der Waals surface area contributed by atoms with Gasteiger partial charge in [-0.05, 0) is 16.7 Å². The van der Waals surface area contributed by atoms with Crippen molar-refractivity contribution in [1.29, 1.82) is 15.8 Å². The van der Waals surface area contributed by atoms with Gasteiger partial charge in [-0.2, -0.15) is 15.8 Å². The van der Waals surface area contributed by atoms with Crippen molar-refractivity contribution < 1.29 is 4.92 Å². The smallest absolute Gasteiger partial charge is 0.269 e. The second-order valence-corrected chi connectivity index (χ2v) is 8.20. The highest BCUT2D eigenvalue weighted by molar-refractivity contribution is 5.59. The minimum Gasteiger partial charge on any atom is -0.399 e. The van der Waals surface area contributed by atoms with Crippen LogP contribution in [0.1, 0.15) is 17.0 Å². The number of benzene rings is 2. The van der Waals surface area contributed by atoms with Crippen LogP contribution in [0.4, 0.5) is 5.69 Å². The molecule has 1 aliphatic carbocycles. The summed E-state index contributed by atoms with van der Waals surface area (Å²) in [5.41, 5.74) is 7.03. The molecule has 0 radical (unpaired) electrons. The summed E-state index contributed by atoms with van der Waals surface area (Å²) in [7, 11) is 0. The van der Waals surface area contributed by atoms with Crippen LogP contribution in [-0.2, 0) is 6.54 Å². The summed E-state index contributed by atoms with van der Waals surface area (Å²) in [5.74, 6) is -1.04. The molecule has 0 saturated heterocycles. The zero-order chi connectivity index (χ0) is 23.6. The highest BCUT2D eigenvalue weighted by Gasteiger charge is 2.54. The Morgan fingerprint density at radius 3 is 2.33 bits per heavy atom. The molecule has 33 heavy (non-hydrogen) atoms. The Bertz CT molecular complexity index is 1260. The molecule has 162 valence electrons. The highest BCUT2D eigenvalue weighted by atomic mass is 16.6. The number of nitrogens with two attached hydrogens (primary N) is 1. The molecule has 0 fully saturated rings. The van der Waals surface area contributed by atoms with Gasteiger partial charge in [-0.15, -0.1) is 0 Å². The molecular weight excluding hydrogens is 416 g/mol. The first-order chi connectivity index (χ1) is 15.9. The lowest BCUT2D eigenvalue weighted by atomic mass is 9.58. The van der Waals surface area contributed by atoms with E-state index in [0.717, 1.165) is 11.1 Å². The number of nitro groups is 1. The molecule has 2 aromatic carbocycles. The van der Waals surface area contributed by atoms with E-state index < -0.39 is 16.3 Å². The van der Waals surface area contributed by atoms with E-state index in [2.05, 4.69) is 23.1 Å². The first-order valence-corrected chi connectivity index (χ1v) is 10.4. The quantitative estimate of drug-likeness (QED) is 0.570. The van der Waals surface area contributed by atoms with Crippen molar-refractivity contribution >= 4 is 5.69 Å². The Morgan fingerprint density at radius 1 is 1.09 bits per heavy atom. The number of nitrogens with zero attached hydrogens (tertiary/aromatic N) is 5. The molecule has 0 bridgehead atoms. The van der Waals surface area contributed by atoms with E-state index in [-0.39, 0.29) is 22.9 Å². The van der Waals surface area contributed by atoms with Crippen LogP contribution in [0, 0.1) is 55.4 Å². The highest BCUT2D eigenvalue weighted by Crippen LogP contribution is 2.54. The van der Waals surface area contributed by atoms with Gasteiger partial charge >= 0.3 is 0 Å². The first-order valence-electron chi connectivity index (χ1n) is 10.4. The lowest BCUT2D eigenvalue weighted by molar-refractivity contribution is -0.384. The van der Waals surface area contributed by atoms with Gasteiger partial charge in [0.25, 0.3) is 5.69 Å². The maximum Gasteiger partial charge on any atom is 0.269 e. The monoisotopic (exact) mass is 436 g/mol. The van der Waals surface area contributed by atoms with Crippen molar-refractivity contribution in [2.45, 2.75) is 12.5 Å². The molecule has 1 heterocycles. The van der Waals surface area contributed by atoms with Crippen molar-refractivity contribution in [1.82, 2.24) is 4.90 Å². The van der Waals surface area contributed by atoms with E-state index in [1.807, 2.05) is 36.4 Å². The Morgan fingerprint density at radius 2 is 1.76 bits per heavy atom. The van der Waals surface area contributed by atoms with E-state index in [9.17, 15) is 25.9 Å². The van der Waals surface area contributed by atoms with Gasteiger partial charge in [0.2, 0.25) is 0 Å². The van der Waals surface area contributed by atoms with Crippen molar-refractivity contribution in [2.75, 3.05) is 13.1 Å². The van der Waals surface area contributed by atoms with E-state index in [1.54, 1.807) is 12.1 Å². The van der Waals surface area contributed by atoms with E-state index in [4.69, 9.17) is 5.73 Å². The third-order valence-electron chi connectivity index (χ3n) is 6.45. The molecule has 0 saturated carbocycles. The lowest BCUT2D eigenvalue weighted by Crippen LogP contribution is -2.47. The van der Waals surface area contributed by atoms with Gasteiger partial charge in [-0.3, -0.25) is 15.0 Å². The minimum atomic E-state index is -1.76. The molecule has 8 heteroatoms. The molecular formula is C25H20N6O2. The van der Waals surface area contributed by atoms with Gasteiger partial charge in [0.05, 0.1) is 28.3 Å². The minimum absolute atomic E-state index is 0.0580. The van der Waals surface area contributed by atoms with Gasteiger partial charge in [-0.1, -0.05) is 48.5 Å². The SMILES string of the molecule is N#CC1=C(N)C(C#N)(C#N)[C@H](c2ccc([N+](=O)[O-])cc2)[C@@H]2CN(Cc3ccccc3)CC=C12. The molecule has 0 aromatic heterocycles. The average molecular weight is 436 g/mol. The zero-order valence-corrected chi connectivity index (χ0v) is 17.7. The van der Waals surface area contributed by atoms with Gasteiger partial charge < -0.3 is 5.73 Å². The van der Waals surface area contributed by atoms with E-state index in [1.165, 1.54) is 12.1 Å². The third-order valence-corrected chi connectivity index (χ3v) is 6.45. The molecule has 0 unspecified atom stereocenters. The van der Waals surface area contributed by atoms with Crippen LogP contribution in [0.5, 0.6) is 0 Å². The topological polar surface area (TPSA) is 144 Å². The van der Waals surface area contributed by atoms with Crippen LogP contribution in [0.2, 0.25) is 0 Å². The van der Waals surface area contributed by atoms with Crippen molar-refractivity contribution in [3.05, 3.63) is 98.8 Å². The summed E-state index contributed by atoms with van der Waals surface area (Å²) in [4.78, 5) is 12.8. The number of fused-ring (bicyclic) bond motifs is 1. The van der Waals surface area contributed by atoms with Crippen LogP contribution in [0.25, 0.3) is 0 Å². The number of allylic oxidation sites excluding steroid dienone is 2. The summed E-state index contributed by atoms with van der Waals surface area (Å²) in [6, 6.07) is 22.1. The van der Waals surface area contributed by atoms with Crippen molar-refractivity contribution in [2.24, 2.45) is 17.1 Å². The normalized spacial score (nSPS) is 21.7. The Hall–Kier alpha value is -4.45. The predicted octanol–water partition coefficient (Wildman–Crippen LogP) is 3.52. The number of hydrogen-bond donors (Lipinski definition) is 1. The molecule has 4 rings (SSSR count). The van der Waals surface area contributed by atoms with Gasteiger partial charge in [0.1, 0.15) is 6.07 Å². The maximum absolute atomic E-state index is 11.1. The van der Waals surface area contributed by atoms with Crippen LogP contribution in [0.15, 0.2) is 77.5 Å². The van der Waals surface area contributed by atoms with Crippen LogP contribution in [-0.4, -0.2) is 22.9 Å². The lowest BCUT2D eigenvalue weighted by Gasteiger charge is -2.45. The summed E-state index contributed by atoms with van der Waals surface area (Å²) in [5, 5.41) is 41.3. The largest absolute Gasteiger partial charge is 0.399 e. The Kier molecular flexibility index (Phi) is 5.67.